The highest BCUT2D eigenvalue weighted by atomic mass is 16.5. The van der Waals surface area contributed by atoms with Gasteiger partial charge in [-0.3, -0.25) is 19.6 Å². The van der Waals surface area contributed by atoms with Crippen LogP contribution in [0.3, 0.4) is 0 Å². The van der Waals surface area contributed by atoms with Crippen LogP contribution in [0.5, 0.6) is 5.75 Å². The van der Waals surface area contributed by atoms with Gasteiger partial charge in [-0.05, 0) is 23.6 Å². The summed E-state index contributed by atoms with van der Waals surface area (Å²) in [7, 11) is 1.62. The van der Waals surface area contributed by atoms with Crippen molar-refractivity contribution in [1.82, 2.24) is 14.8 Å². The minimum Gasteiger partial charge on any atom is -0.497 e. The van der Waals surface area contributed by atoms with Crippen LogP contribution in [0.25, 0.3) is 10.9 Å². The first-order valence-electron chi connectivity index (χ1n) is 9.58. The number of rotatable bonds is 3. The number of pyridine rings is 1. The summed E-state index contributed by atoms with van der Waals surface area (Å²) in [6, 6.07) is 7.88. The topological polar surface area (TPSA) is 60.9 Å². The number of ether oxygens (including phenoxy) is 1. The zero-order valence-corrected chi connectivity index (χ0v) is 16.2. The van der Waals surface area contributed by atoms with Gasteiger partial charge in [0.25, 0.3) is 5.56 Å². The predicted octanol–water partition coefficient (Wildman–Crippen LogP) is 1.94. The van der Waals surface area contributed by atoms with Crippen LogP contribution < -0.4 is 10.3 Å². The summed E-state index contributed by atoms with van der Waals surface area (Å²) in [5.74, 6) is 0.735. The molecule has 142 valence electrons. The molecule has 0 saturated carbocycles. The molecule has 1 aromatic heterocycles. The van der Waals surface area contributed by atoms with Crippen molar-refractivity contribution < 1.29 is 4.74 Å². The lowest BCUT2D eigenvalue weighted by Gasteiger charge is -2.65. The van der Waals surface area contributed by atoms with Crippen molar-refractivity contribution in [2.45, 2.75) is 19.9 Å². The van der Waals surface area contributed by atoms with Gasteiger partial charge in [0, 0.05) is 49.3 Å². The van der Waals surface area contributed by atoms with Crippen molar-refractivity contribution in [1.29, 1.82) is 0 Å². The Bertz CT molecular complexity index is 959. The fourth-order valence-electron chi connectivity index (χ4n) is 5.86. The maximum atomic E-state index is 12.6. The van der Waals surface area contributed by atoms with E-state index in [2.05, 4.69) is 28.6 Å². The Balaban J connectivity index is 1.50. The maximum Gasteiger partial charge on any atom is 0.257 e. The lowest BCUT2D eigenvalue weighted by atomic mass is 9.60. The molecule has 6 nitrogen and oxygen atoms in total. The van der Waals surface area contributed by atoms with Gasteiger partial charge in [-0.1, -0.05) is 13.8 Å². The second-order valence-electron chi connectivity index (χ2n) is 9.11. The Morgan fingerprint density at radius 2 is 1.81 bits per heavy atom. The van der Waals surface area contributed by atoms with Gasteiger partial charge < -0.3 is 9.72 Å². The smallest absolute Gasteiger partial charge is 0.257 e. The van der Waals surface area contributed by atoms with E-state index in [1.54, 1.807) is 13.3 Å². The number of methoxy groups -OCH3 is 1. The summed E-state index contributed by atoms with van der Waals surface area (Å²) < 4.78 is 5.24. The lowest BCUT2D eigenvalue weighted by molar-refractivity contribution is -0.165. The molecule has 0 radical (unpaired) electrons. The number of piperidine rings is 2. The van der Waals surface area contributed by atoms with Gasteiger partial charge in [-0.25, -0.2) is 0 Å². The molecule has 6 rings (SSSR count). The third-order valence-electron chi connectivity index (χ3n) is 6.50. The van der Waals surface area contributed by atoms with Gasteiger partial charge in [0.15, 0.2) is 0 Å². The molecule has 4 bridgehead atoms. The molecule has 5 heterocycles. The molecule has 4 fully saturated rings. The van der Waals surface area contributed by atoms with Crippen molar-refractivity contribution >= 4 is 17.1 Å². The Labute approximate surface area is 158 Å². The monoisotopic (exact) mass is 366 g/mol. The van der Waals surface area contributed by atoms with Crippen LogP contribution in [-0.4, -0.2) is 67.0 Å². The third-order valence-corrected chi connectivity index (χ3v) is 6.50. The van der Waals surface area contributed by atoms with Crippen LogP contribution in [-0.2, 0) is 0 Å². The van der Waals surface area contributed by atoms with E-state index in [4.69, 9.17) is 9.73 Å². The number of nitrogens with zero attached hydrogens (tertiary/aromatic N) is 3. The molecule has 0 aliphatic carbocycles. The Morgan fingerprint density at radius 1 is 1.15 bits per heavy atom. The van der Waals surface area contributed by atoms with E-state index >= 15 is 0 Å². The predicted molar refractivity (Wildman–Crippen MR) is 107 cm³/mol. The van der Waals surface area contributed by atoms with Crippen LogP contribution in [0.2, 0.25) is 0 Å². The summed E-state index contributed by atoms with van der Waals surface area (Å²) in [4.78, 5) is 25.6. The summed E-state index contributed by atoms with van der Waals surface area (Å²) in [6.07, 6.45) is 1.80. The Hall–Kier alpha value is -2.18. The number of fused-ring (bicyclic) bond motifs is 1. The molecule has 1 aromatic carbocycles. The molecule has 0 atom stereocenters. The van der Waals surface area contributed by atoms with Crippen LogP contribution in [0.15, 0.2) is 34.1 Å². The van der Waals surface area contributed by atoms with E-state index in [9.17, 15) is 4.79 Å². The van der Waals surface area contributed by atoms with E-state index in [1.165, 1.54) is 0 Å². The maximum absolute atomic E-state index is 12.6. The normalized spacial score (nSPS) is 37.4. The fourth-order valence-corrected chi connectivity index (χ4v) is 5.86. The highest BCUT2D eigenvalue weighted by Crippen LogP contribution is 2.50. The molecule has 0 unspecified atom stereocenters. The number of aliphatic imine (C=N–C) groups is 1. The molecule has 2 aromatic rings. The quantitative estimate of drug-likeness (QED) is 0.844. The Morgan fingerprint density at radius 3 is 2.44 bits per heavy atom. The summed E-state index contributed by atoms with van der Waals surface area (Å²) in [5, 5.41) is 0.983. The summed E-state index contributed by atoms with van der Waals surface area (Å²) >= 11 is 0. The molecule has 4 aliphatic heterocycles. The minimum atomic E-state index is -0.105. The van der Waals surface area contributed by atoms with Gasteiger partial charge in [-0.2, -0.15) is 0 Å². The number of hydrogen-bond acceptors (Lipinski definition) is 5. The number of nitrogens with one attached hydrogen (secondary N) is 1. The molecule has 4 saturated heterocycles. The molecular formula is C21H26N4O2. The molecule has 4 aliphatic rings. The van der Waals surface area contributed by atoms with Crippen molar-refractivity contribution in [2.75, 3.05) is 40.0 Å². The van der Waals surface area contributed by atoms with Crippen LogP contribution >= 0.6 is 0 Å². The standard InChI is InChI=1S/C21H26N4O2/c1-20-9-24-11-21(2,12-25(10-20)13-24)19(20)22-8-15-6-14-4-5-16(27-3)7-17(14)23-18(15)26/h4-8,19H,9-13H2,1-3H3,(H,23,26). The highest BCUT2D eigenvalue weighted by Gasteiger charge is 2.59. The van der Waals surface area contributed by atoms with E-state index < -0.39 is 0 Å². The fraction of sp³-hybridized carbons (Fsp3) is 0.524. The van der Waals surface area contributed by atoms with E-state index in [-0.39, 0.29) is 22.4 Å². The second kappa shape index (κ2) is 5.66. The first kappa shape index (κ1) is 17.0. The minimum absolute atomic E-state index is 0.105. The van der Waals surface area contributed by atoms with E-state index in [1.807, 2.05) is 24.3 Å². The van der Waals surface area contributed by atoms with Crippen molar-refractivity contribution in [2.24, 2.45) is 15.8 Å². The largest absolute Gasteiger partial charge is 0.497 e. The van der Waals surface area contributed by atoms with Gasteiger partial charge >= 0.3 is 0 Å². The Kier molecular flexibility index (Phi) is 3.55. The zero-order chi connectivity index (χ0) is 18.8. The molecule has 27 heavy (non-hydrogen) atoms. The van der Waals surface area contributed by atoms with Crippen LogP contribution in [0.4, 0.5) is 0 Å². The first-order chi connectivity index (χ1) is 12.9. The molecule has 1 N–H and O–H groups in total. The molecule has 0 amide bonds. The van der Waals surface area contributed by atoms with Gasteiger partial charge in [0.2, 0.25) is 0 Å². The summed E-state index contributed by atoms with van der Waals surface area (Å²) in [6.45, 7) is 10.2. The number of benzene rings is 1. The highest BCUT2D eigenvalue weighted by molar-refractivity contribution is 5.88. The molecular weight excluding hydrogens is 340 g/mol. The van der Waals surface area contributed by atoms with Crippen molar-refractivity contribution in [3.05, 3.63) is 40.2 Å². The van der Waals surface area contributed by atoms with Gasteiger partial charge in [0.1, 0.15) is 5.75 Å². The van der Waals surface area contributed by atoms with Crippen LogP contribution in [0.1, 0.15) is 19.4 Å². The lowest BCUT2D eigenvalue weighted by Crippen LogP contribution is -2.75. The van der Waals surface area contributed by atoms with Gasteiger partial charge in [0.05, 0.1) is 30.9 Å². The SMILES string of the molecule is COc1ccc2cc(C=NC3C4(C)CN5CN(C4)CC3(C)C5)c(=O)[nH]c2c1. The second-order valence-corrected chi connectivity index (χ2v) is 9.11. The molecule has 6 heteroatoms. The van der Waals surface area contributed by atoms with Crippen molar-refractivity contribution in [3.63, 3.8) is 0 Å². The number of hydrogen-bond donors (Lipinski definition) is 1. The summed E-state index contributed by atoms with van der Waals surface area (Å²) in [5.41, 5.74) is 1.60. The first-order valence-corrected chi connectivity index (χ1v) is 9.58. The van der Waals surface area contributed by atoms with E-state index in [0.717, 1.165) is 49.5 Å². The van der Waals surface area contributed by atoms with Gasteiger partial charge in [-0.15, -0.1) is 0 Å². The zero-order valence-electron chi connectivity index (χ0n) is 16.2. The average molecular weight is 366 g/mol. The molecule has 0 spiro atoms. The number of H-pyrrole nitrogens is 1. The van der Waals surface area contributed by atoms with Crippen LogP contribution in [0, 0.1) is 10.8 Å². The van der Waals surface area contributed by atoms with E-state index in [0.29, 0.717) is 5.56 Å². The number of aromatic nitrogens is 1. The number of aromatic amines is 1. The van der Waals surface area contributed by atoms with Crippen molar-refractivity contribution in [3.8, 4) is 5.75 Å². The average Bonchev–Trinajstić information content (AvgIpc) is 2.59. The third kappa shape index (κ3) is 2.62.